The molecule has 6 heteroatoms. The van der Waals surface area contributed by atoms with Crippen molar-refractivity contribution >= 4 is 11.8 Å². The molecular weight excluding hydrogens is 370 g/mol. The molecule has 0 saturated carbocycles. The number of fused-ring (bicyclic) bond motifs is 1. The fourth-order valence-electron chi connectivity index (χ4n) is 4.49. The normalized spacial score (nSPS) is 22.8. The molecule has 1 N–H and O–H groups in total. The molecule has 2 heterocycles. The maximum absolute atomic E-state index is 13.2. The lowest BCUT2D eigenvalue weighted by molar-refractivity contribution is -0.138. The van der Waals surface area contributed by atoms with Crippen LogP contribution in [0.4, 0.5) is 0 Å². The van der Waals surface area contributed by atoms with Gasteiger partial charge in [0, 0.05) is 29.3 Å². The van der Waals surface area contributed by atoms with Crippen molar-refractivity contribution in [3.63, 3.8) is 0 Å². The molecule has 4 rings (SSSR count). The average molecular weight is 397 g/mol. The van der Waals surface area contributed by atoms with Crippen molar-refractivity contribution in [1.29, 1.82) is 0 Å². The van der Waals surface area contributed by atoms with Crippen LogP contribution in [0.25, 0.3) is 0 Å². The van der Waals surface area contributed by atoms with Gasteiger partial charge < -0.3 is 19.5 Å². The number of hydrogen-bond acceptors (Lipinski definition) is 6. The maximum Gasteiger partial charge on any atom is 0.336 e. The zero-order valence-corrected chi connectivity index (χ0v) is 17.4. The quantitative estimate of drug-likeness (QED) is 0.786. The Morgan fingerprint density at radius 2 is 1.93 bits per heavy atom. The van der Waals surface area contributed by atoms with E-state index in [-0.39, 0.29) is 17.8 Å². The predicted octanol–water partition coefficient (Wildman–Crippen LogP) is 3.62. The minimum absolute atomic E-state index is 0.0675. The molecule has 0 aromatic heterocycles. The molecule has 0 unspecified atom stereocenters. The Morgan fingerprint density at radius 1 is 1.21 bits per heavy atom. The Morgan fingerprint density at radius 3 is 2.66 bits per heavy atom. The summed E-state index contributed by atoms with van der Waals surface area (Å²) in [6, 6.07) is 5.64. The zero-order valence-electron chi connectivity index (χ0n) is 17.4. The first-order chi connectivity index (χ1) is 13.8. The maximum atomic E-state index is 13.2. The molecule has 0 bridgehead atoms. The number of carbonyl (C=O) groups is 2. The molecule has 154 valence electrons. The Kier molecular flexibility index (Phi) is 4.89. The molecular formula is C23H27NO5. The molecule has 29 heavy (non-hydrogen) atoms. The summed E-state index contributed by atoms with van der Waals surface area (Å²) in [5.74, 6) is 0.501. The Balaban J connectivity index is 1.86. The molecule has 1 atom stereocenters. The summed E-state index contributed by atoms with van der Waals surface area (Å²) in [4.78, 5) is 26.1. The van der Waals surface area contributed by atoms with Crippen molar-refractivity contribution in [2.45, 2.75) is 46.5 Å². The number of ketones is 1. The van der Waals surface area contributed by atoms with E-state index in [1.807, 2.05) is 25.1 Å². The number of carbonyl (C=O) groups excluding carboxylic acids is 2. The second kappa shape index (κ2) is 7.25. The highest BCUT2D eigenvalue weighted by atomic mass is 16.6. The SMILES string of the molecule is CCOC(=O)C1=C(C)NC2=C(C(=O)CC(C)(C)C2)[C@H]1c1ccc2c(c1)OCCO2. The lowest BCUT2D eigenvalue weighted by atomic mass is 9.68. The van der Waals surface area contributed by atoms with Gasteiger partial charge in [0.05, 0.1) is 12.2 Å². The van der Waals surface area contributed by atoms with Crippen LogP contribution >= 0.6 is 0 Å². The summed E-state index contributed by atoms with van der Waals surface area (Å²) in [5, 5.41) is 3.34. The lowest BCUT2D eigenvalue weighted by Gasteiger charge is -2.39. The van der Waals surface area contributed by atoms with Gasteiger partial charge >= 0.3 is 5.97 Å². The summed E-state index contributed by atoms with van der Waals surface area (Å²) in [6.45, 7) is 9.09. The van der Waals surface area contributed by atoms with Gasteiger partial charge in [-0.05, 0) is 43.4 Å². The Bertz CT molecular complexity index is 941. The van der Waals surface area contributed by atoms with Gasteiger partial charge in [-0.25, -0.2) is 4.79 Å². The second-order valence-electron chi connectivity index (χ2n) is 8.55. The highest BCUT2D eigenvalue weighted by molar-refractivity contribution is 6.04. The Hall–Kier alpha value is -2.76. The zero-order chi connectivity index (χ0) is 20.8. The third-order valence-corrected chi connectivity index (χ3v) is 5.63. The van der Waals surface area contributed by atoms with E-state index in [1.165, 1.54) is 0 Å². The monoisotopic (exact) mass is 397 g/mol. The van der Waals surface area contributed by atoms with Gasteiger partial charge in [-0.15, -0.1) is 0 Å². The summed E-state index contributed by atoms with van der Waals surface area (Å²) in [6.07, 6.45) is 1.20. The largest absolute Gasteiger partial charge is 0.486 e. The number of hydrogen-bond donors (Lipinski definition) is 1. The molecule has 0 spiro atoms. The van der Waals surface area contributed by atoms with Crippen LogP contribution in [0.3, 0.4) is 0 Å². The van der Waals surface area contributed by atoms with Crippen molar-refractivity contribution in [2.75, 3.05) is 19.8 Å². The van der Waals surface area contributed by atoms with E-state index in [0.29, 0.717) is 42.3 Å². The predicted molar refractivity (Wildman–Crippen MR) is 108 cm³/mol. The lowest BCUT2D eigenvalue weighted by Crippen LogP contribution is -2.38. The molecule has 1 aromatic rings. The number of ether oxygens (including phenoxy) is 3. The molecule has 0 amide bonds. The van der Waals surface area contributed by atoms with Gasteiger partial charge in [-0.2, -0.15) is 0 Å². The first-order valence-corrected chi connectivity index (χ1v) is 10.1. The molecule has 0 radical (unpaired) electrons. The average Bonchev–Trinajstić information content (AvgIpc) is 2.65. The van der Waals surface area contributed by atoms with Gasteiger partial charge in [0.2, 0.25) is 0 Å². The fourth-order valence-corrected chi connectivity index (χ4v) is 4.49. The van der Waals surface area contributed by atoms with E-state index in [1.54, 1.807) is 6.92 Å². The fraction of sp³-hybridized carbons (Fsp3) is 0.478. The van der Waals surface area contributed by atoms with E-state index in [9.17, 15) is 9.59 Å². The number of esters is 1. The Labute approximate surface area is 170 Å². The van der Waals surface area contributed by atoms with E-state index in [4.69, 9.17) is 14.2 Å². The molecule has 1 aromatic carbocycles. The molecule has 6 nitrogen and oxygen atoms in total. The van der Waals surface area contributed by atoms with Crippen molar-refractivity contribution in [3.8, 4) is 11.5 Å². The van der Waals surface area contributed by atoms with Gasteiger partial charge in [-0.1, -0.05) is 19.9 Å². The highest BCUT2D eigenvalue weighted by Crippen LogP contribution is 2.48. The summed E-state index contributed by atoms with van der Waals surface area (Å²) in [7, 11) is 0. The molecule has 2 aliphatic heterocycles. The van der Waals surface area contributed by atoms with Crippen molar-refractivity contribution < 1.29 is 23.8 Å². The van der Waals surface area contributed by atoms with Gasteiger partial charge in [-0.3, -0.25) is 4.79 Å². The number of nitrogens with one attached hydrogen (secondary N) is 1. The number of allylic oxidation sites excluding steroid dienone is 3. The first kappa shape index (κ1) is 19.6. The van der Waals surface area contributed by atoms with Crippen LogP contribution in [0.2, 0.25) is 0 Å². The van der Waals surface area contributed by atoms with E-state index < -0.39 is 11.9 Å². The number of rotatable bonds is 3. The number of dihydropyridines is 1. The first-order valence-electron chi connectivity index (χ1n) is 10.1. The van der Waals surface area contributed by atoms with Gasteiger partial charge in [0.15, 0.2) is 17.3 Å². The van der Waals surface area contributed by atoms with Crippen LogP contribution in [0.5, 0.6) is 11.5 Å². The summed E-state index contributed by atoms with van der Waals surface area (Å²) >= 11 is 0. The highest BCUT2D eigenvalue weighted by Gasteiger charge is 2.43. The molecule has 1 aliphatic carbocycles. The molecule has 3 aliphatic rings. The van der Waals surface area contributed by atoms with E-state index >= 15 is 0 Å². The number of Topliss-reactive ketones (excluding diaryl/α,β-unsaturated/α-hetero) is 1. The van der Waals surface area contributed by atoms with E-state index in [0.717, 1.165) is 23.4 Å². The second-order valence-corrected chi connectivity index (χ2v) is 8.55. The summed E-state index contributed by atoms with van der Waals surface area (Å²) in [5.41, 5.74) is 3.48. The van der Waals surface area contributed by atoms with E-state index in [2.05, 4.69) is 19.2 Å². The third kappa shape index (κ3) is 3.52. The summed E-state index contributed by atoms with van der Waals surface area (Å²) < 4.78 is 16.7. The van der Waals surface area contributed by atoms with Crippen LogP contribution in [0.15, 0.2) is 40.7 Å². The van der Waals surface area contributed by atoms with Crippen LogP contribution < -0.4 is 14.8 Å². The van der Waals surface area contributed by atoms with Crippen molar-refractivity contribution in [3.05, 3.63) is 46.3 Å². The minimum Gasteiger partial charge on any atom is -0.486 e. The number of benzene rings is 1. The smallest absolute Gasteiger partial charge is 0.336 e. The van der Waals surface area contributed by atoms with Crippen LogP contribution in [0.1, 0.15) is 52.0 Å². The van der Waals surface area contributed by atoms with Crippen molar-refractivity contribution in [1.82, 2.24) is 5.32 Å². The standard InChI is InChI=1S/C23H27NO5/c1-5-27-22(26)19-13(2)24-15-11-23(3,4)12-16(25)21(15)20(19)14-6-7-17-18(10-14)29-9-8-28-17/h6-7,10,20,24H,5,8-9,11-12H2,1-4H3/t20-/m0/s1. The van der Waals surface area contributed by atoms with Gasteiger partial charge in [0.1, 0.15) is 13.2 Å². The van der Waals surface area contributed by atoms with Gasteiger partial charge in [0.25, 0.3) is 0 Å². The topological polar surface area (TPSA) is 73.9 Å². The van der Waals surface area contributed by atoms with Crippen LogP contribution in [-0.2, 0) is 14.3 Å². The minimum atomic E-state index is -0.482. The van der Waals surface area contributed by atoms with Crippen LogP contribution in [0, 0.1) is 5.41 Å². The third-order valence-electron chi connectivity index (χ3n) is 5.63. The van der Waals surface area contributed by atoms with Crippen molar-refractivity contribution in [2.24, 2.45) is 5.41 Å². The molecule has 0 fully saturated rings. The van der Waals surface area contributed by atoms with Crippen LogP contribution in [-0.4, -0.2) is 31.6 Å². The molecule has 0 saturated heterocycles.